The first-order valence-electron chi connectivity index (χ1n) is 10.8. The number of carbonyl (C=O) groups is 3. The number of imide groups is 2. The maximum Gasteiger partial charge on any atom is 0.335 e. The van der Waals surface area contributed by atoms with E-state index < -0.39 is 17.8 Å². The number of ether oxygens (including phenoxy) is 2. The molecule has 1 aliphatic rings. The zero-order chi connectivity index (χ0) is 25.8. The summed E-state index contributed by atoms with van der Waals surface area (Å²) in [5.74, 6) is -0.480. The number of amides is 4. The maximum atomic E-state index is 13.2. The van der Waals surface area contributed by atoms with E-state index >= 15 is 0 Å². The molecule has 0 aliphatic carbocycles. The van der Waals surface area contributed by atoms with Gasteiger partial charge < -0.3 is 9.47 Å². The summed E-state index contributed by atoms with van der Waals surface area (Å²) in [6.07, 6.45) is 1.43. The summed E-state index contributed by atoms with van der Waals surface area (Å²) in [5.41, 5.74) is 1.65. The number of benzene rings is 3. The molecule has 1 saturated heterocycles. The van der Waals surface area contributed by atoms with Crippen LogP contribution in [0.5, 0.6) is 11.5 Å². The van der Waals surface area contributed by atoms with Crippen molar-refractivity contribution in [3.8, 4) is 11.5 Å². The van der Waals surface area contributed by atoms with Crippen molar-refractivity contribution in [2.24, 2.45) is 0 Å². The van der Waals surface area contributed by atoms with Crippen LogP contribution in [0.15, 0.2) is 70.7 Å². The molecule has 0 atom stereocenters. The highest BCUT2D eigenvalue weighted by Gasteiger charge is 2.36. The van der Waals surface area contributed by atoms with E-state index in [4.69, 9.17) is 21.1 Å². The van der Waals surface area contributed by atoms with E-state index in [-0.39, 0.29) is 5.57 Å². The summed E-state index contributed by atoms with van der Waals surface area (Å²) in [6, 6.07) is 16.6. The lowest BCUT2D eigenvalue weighted by Gasteiger charge is -2.26. The zero-order valence-corrected chi connectivity index (χ0v) is 23.4. The Kier molecular flexibility index (Phi) is 8.32. The van der Waals surface area contributed by atoms with Crippen LogP contribution >= 0.6 is 50.1 Å². The lowest BCUT2D eigenvalue weighted by atomic mass is 10.1. The monoisotopic (exact) mass is 680 g/mol. The standard InChI is InChI=1S/C26H19BrClIN2O5/c1-2-35-22-13-16(12-21(29)23(22)36-14-15-3-7-18(28)8-4-15)11-20-24(32)30-26(34)31(25(20)33)19-9-5-17(27)6-10-19/h3-13H,2,14H2,1H3,(H,30,32,34)/b20-11+. The van der Waals surface area contributed by atoms with E-state index in [0.29, 0.717) is 41.0 Å². The average molecular weight is 682 g/mol. The summed E-state index contributed by atoms with van der Waals surface area (Å²) in [6.45, 7) is 2.54. The van der Waals surface area contributed by atoms with E-state index in [9.17, 15) is 14.4 Å². The predicted octanol–water partition coefficient (Wildman–Crippen LogP) is 6.35. The number of rotatable bonds is 7. The lowest BCUT2D eigenvalue weighted by Crippen LogP contribution is -2.54. The third kappa shape index (κ3) is 5.91. The van der Waals surface area contributed by atoms with Gasteiger partial charge in [0.25, 0.3) is 11.8 Å². The number of halogens is 3. The molecule has 36 heavy (non-hydrogen) atoms. The van der Waals surface area contributed by atoms with E-state index in [1.807, 2.05) is 19.1 Å². The molecule has 184 valence electrons. The minimum atomic E-state index is -0.806. The number of hydrogen-bond donors (Lipinski definition) is 1. The Bertz CT molecular complexity index is 1360. The Morgan fingerprint density at radius 1 is 1.03 bits per heavy atom. The molecule has 4 rings (SSSR count). The van der Waals surface area contributed by atoms with Crippen LogP contribution in [0.3, 0.4) is 0 Å². The second kappa shape index (κ2) is 11.4. The molecule has 1 N–H and O–H groups in total. The van der Waals surface area contributed by atoms with Crippen LogP contribution in [0.4, 0.5) is 10.5 Å². The van der Waals surface area contributed by atoms with Crippen molar-refractivity contribution in [3.05, 3.63) is 90.4 Å². The molecule has 3 aromatic carbocycles. The van der Waals surface area contributed by atoms with Crippen LogP contribution < -0.4 is 19.7 Å². The normalized spacial score (nSPS) is 14.7. The van der Waals surface area contributed by atoms with E-state index in [2.05, 4.69) is 43.8 Å². The highest BCUT2D eigenvalue weighted by molar-refractivity contribution is 14.1. The predicted molar refractivity (Wildman–Crippen MR) is 149 cm³/mol. The molecule has 0 aromatic heterocycles. The average Bonchev–Trinajstić information content (AvgIpc) is 2.83. The first kappa shape index (κ1) is 26.2. The van der Waals surface area contributed by atoms with Gasteiger partial charge in [-0.05, 0) is 95.2 Å². The quantitative estimate of drug-likeness (QED) is 0.179. The van der Waals surface area contributed by atoms with Gasteiger partial charge in [-0.3, -0.25) is 14.9 Å². The minimum Gasteiger partial charge on any atom is -0.490 e. The van der Waals surface area contributed by atoms with Crippen molar-refractivity contribution >= 4 is 79.7 Å². The summed E-state index contributed by atoms with van der Waals surface area (Å²) in [7, 11) is 0. The molecule has 0 spiro atoms. The molecule has 3 aromatic rings. The first-order chi connectivity index (χ1) is 17.3. The molecule has 1 fully saturated rings. The van der Waals surface area contributed by atoms with Gasteiger partial charge in [0.1, 0.15) is 12.2 Å². The van der Waals surface area contributed by atoms with Gasteiger partial charge in [-0.15, -0.1) is 0 Å². The molecular formula is C26H19BrClIN2O5. The molecule has 0 bridgehead atoms. The maximum absolute atomic E-state index is 13.2. The van der Waals surface area contributed by atoms with Crippen molar-refractivity contribution in [2.75, 3.05) is 11.5 Å². The number of hydrogen-bond acceptors (Lipinski definition) is 5. The van der Waals surface area contributed by atoms with Crippen molar-refractivity contribution in [2.45, 2.75) is 13.5 Å². The summed E-state index contributed by atoms with van der Waals surface area (Å²) < 4.78 is 13.3. The molecule has 10 heteroatoms. The first-order valence-corrected chi connectivity index (χ1v) is 13.0. The Morgan fingerprint density at radius 2 is 1.72 bits per heavy atom. The Labute approximate surface area is 234 Å². The number of barbiturate groups is 1. The van der Waals surface area contributed by atoms with E-state index in [0.717, 1.165) is 18.5 Å². The van der Waals surface area contributed by atoms with Gasteiger partial charge in [-0.2, -0.15) is 0 Å². The Balaban J connectivity index is 1.65. The van der Waals surface area contributed by atoms with Gasteiger partial charge in [-0.1, -0.05) is 39.7 Å². The molecule has 7 nitrogen and oxygen atoms in total. The van der Waals surface area contributed by atoms with Crippen LogP contribution in [0.2, 0.25) is 5.02 Å². The molecule has 4 amide bonds. The molecule has 0 unspecified atom stereocenters. The molecule has 0 radical (unpaired) electrons. The topological polar surface area (TPSA) is 84.9 Å². The van der Waals surface area contributed by atoms with Gasteiger partial charge in [0, 0.05) is 9.50 Å². The van der Waals surface area contributed by atoms with Gasteiger partial charge in [-0.25, -0.2) is 9.69 Å². The highest BCUT2D eigenvalue weighted by atomic mass is 127. The fourth-order valence-electron chi connectivity index (χ4n) is 3.46. The third-order valence-electron chi connectivity index (χ3n) is 5.13. The van der Waals surface area contributed by atoms with Gasteiger partial charge in [0.2, 0.25) is 0 Å². The van der Waals surface area contributed by atoms with Crippen molar-refractivity contribution in [1.82, 2.24) is 5.32 Å². The zero-order valence-electron chi connectivity index (χ0n) is 18.9. The molecule has 0 saturated carbocycles. The van der Waals surface area contributed by atoms with Crippen LogP contribution in [-0.2, 0) is 16.2 Å². The third-order valence-corrected chi connectivity index (χ3v) is 6.71. The van der Waals surface area contributed by atoms with Crippen molar-refractivity contribution in [1.29, 1.82) is 0 Å². The SMILES string of the molecule is CCOc1cc(/C=C2\C(=O)NC(=O)N(c3ccc(Br)cc3)C2=O)cc(I)c1OCc1ccc(Cl)cc1. The van der Waals surface area contributed by atoms with Gasteiger partial charge in [0.05, 0.1) is 15.9 Å². The van der Waals surface area contributed by atoms with Crippen LogP contribution in [0, 0.1) is 3.57 Å². The van der Waals surface area contributed by atoms with Gasteiger partial charge >= 0.3 is 6.03 Å². The Hall–Kier alpha value is -2.89. The summed E-state index contributed by atoms with van der Waals surface area (Å²) in [4.78, 5) is 39.1. The largest absolute Gasteiger partial charge is 0.490 e. The minimum absolute atomic E-state index is 0.175. The second-order valence-electron chi connectivity index (χ2n) is 7.61. The lowest BCUT2D eigenvalue weighted by molar-refractivity contribution is -0.122. The van der Waals surface area contributed by atoms with Crippen LogP contribution in [0.1, 0.15) is 18.1 Å². The fourth-order valence-corrected chi connectivity index (χ4v) is 4.63. The number of anilines is 1. The van der Waals surface area contributed by atoms with Crippen LogP contribution in [-0.4, -0.2) is 24.5 Å². The summed E-state index contributed by atoms with van der Waals surface area (Å²) >= 11 is 11.4. The number of nitrogens with one attached hydrogen (secondary N) is 1. The Morgan fingerprint density at radius 3 is 2.39 bits per heavy atom. The van der Waals surface area contributed by atoms with Gasteiger partial charge in [0.15, 0.2) is 11.5 Å². The van der Waals surface area contributed by atoms with Crippen molar-refractivity contribution in [3.63, 3.8) is 0 Å². The van der Waals surface area contributed by atoms with E-state index in [1.165, 1.54) is 6.08 Å². The fraction of sp³-hybridized carbons (Fsp3) is 0.115. The highest BCUT2D eigenvalue weighted by Crippen LogP contribution is 2.36. The number of carbonyl (C=O) groups excluding carboxylic acids is 3. The van der Waals surface area contributed by atoms with E-state index in [1.54, 1.807) is 48.5 Å². The second-order valence-corrected chi connectivity index (χ2v) is 10.1. The smallest absolute Gasteiger partial charge is 0.335 e. The molecule has 1 heterocycles. The van der Waals surface area contributed by atoms with Crippen LogP contribution in [0.25, 0.3) is 6.08 Å². The molecular weight excluding hydrogens is 663 g/mol. The van der Waals surface area contributed by atoms with Crippen molar-refractivity contribution < 1.29 is 23.9 Å². The summed E-state index contributed by atoms with van der Waals surface area (Å²) in [5, 5.41) is 2.87. The number of nitrogens with zero attached hydrogens (tertiary/aromatic N) is 1. The molecule has 1 aliphatic heterocycles. The number of urea groups is 1.